The van der Waals surface area contributed by atoms with E-state index in [0.29, 0.717) is 36.6 Å². The van der Waals surface area contributed by atoms with Gasteiger partial charge in [-0.2, -0.15) is 0 Å². The number of carbonyl (C=O) groups excluding carboxylic acids is 1. The van der Waals surface area contributed by atoms with Gasteiger partial charge in [0.25, 0.3) is 5.91 Å². The lowest BCUT2D eigenvalue weighted by molar-refractivity contribution is 0.0772. The number of hydrogen-bond acceptors (Lipinski definition) is 5. The van der Waals surface area contributed by atoms with Gasteiger partial charge < -0.3 is 15.4 Å². The number of nitrogen functional groups attached to an aromatic ring is 1. The molecule has 0 atom stereocenters. The number of carbonyl (C=O) groups is 1. The molecular weight excluding hydrogens is 352 g/mol. The first-order chi connectivity index (χ1) is 13.5. The summed E-state index contributed by atoms with van der Waals surface area (Å²) in [6.07, 6.45) is 4.69. The number of amides is 1. The van der Waals surface area contributed by atoms with E-state index in [-0.39, 0.29) is 11.9 Å². The van der Waals surface area contributed by atoms with Crippen LogP contribution in [0.15, 0.2) is 24.3 Å². The number of nitrogens with two attached hydrogens (primary N) is 1. The first kappa shape index (κ1) is 21.7. The minimum atomic E-state index is -0.0752. The Labute approximate surface area is 168 Å². The van der Waals surface area contributed by atoms with E-state index >= 15 is 0 Å². The van der Waals surface area contributed by atoms with E-state index in [4.69, 9.17) is 10.5 Å². The third kappa shape index (κ3) is 5.44. The highest BCUT2D eigenvalue weighted by Gasteiger charge is 2.22. The summed E-state index contributed by atoms with van der Waals surface area (Å²) in [5.41, 5.74) is 8.36. The van der Waals surface area contributed by atoms with Crippen LogP contribution < -0.4 is 10.5 Å². The van der Waals surface area contributed by atoms with Gasteiger partial charge in [0.05, 0.1) is 23.6 Å². The minimum Gasteiger partial charge on any atom is -0.494 e. The first-order valence-corrected chi connectivity index (χ1v) is 10.2. The zero-order valence-electron chi connectivity index (χ0n) is 17.5. The third-order valence-electron chi connectivity index (χ3n) is 4.77. The van der Waals surface area contributed by atoms with E-state index in [2.05, 4.69) is 16.9 Å². The van der Waals surface area contributed by atoms with Crippen molar-refractivity contribution in [3.63, 3.8) is 0 Å². The van der Waals surface area contributed by atoms with Gasteiger partial charge in [0.2, 0.25) is 5.95 Å². The number of rotatable bonds is 10. The molecule has 0 fully saturated rings. The van der Waals surface area contributed by atoms with Crippen LogP contribution in [0.25, 0.3) is 11.3 Å². The minimum absolute atomic E-state index is 0.0752. The molecule has 0 aliphatic rings. The van der Waals surface area contributed by atoms with E-state index in [1.807, 2.05) is 38.1 Å². The molecule has 2 rings (SSSR count). The summed E-state index contributed by atoms with van der Waals surface area (Å²) < 4.78 is 5.81. The largest absolute Gasteiger partial charge is 0.494 e. The van der Waals surface area contributed by atoms with Crippen LogP contribution in [0.2, 0.25) is 0 Å². The number of aromatic nitrogens is 2. The molecule has 0 aliphatic carbocycles. The van der Waals surface area contributed by atoms with E-state index in [1.165, 1.54) is 19.3 Å². The Kier molecular flexibility index (Phi) is 8.23. The van der Waals surface area contributed by atoms with Crippen LogP contribution in [0.5, 0.6) is 5.75 Å². The SMILES string of the molecule is CCCCCCOc1ccc(-c2nc(N)nc(C)c2C(=O)N(CC)CC)cc1. The fraction of sp³-hybridized carbons (Fsp3) is 0.500. The van der Waals surface area contributed by atoms with Crippen LogP contribution in [0, 0.1) is 6.92 Å². The highest BCUT2D eigenvalue weighted by atomic mass is 16.5. The number of anilines is 1. The normalized spacial score (nSPS) is 10.7. The fourth-order valence-corrected chi connectivity index (χ4v) is 3.16. The third-order valence-corrected chi connectivity index (χ3v) is 4.77. The molecule has 6 nitrogen and oxygen atoms in total. The molecule has 152 valence electrons. The molecule has 1 heterocycles. The van der Waals surface area contributed by atoms with Crippen molar-refractivity contribution in [2.45, 2.75) is 53.4 Å². The number of unbranched alkanes of at least 4 members (excludes halogenated alkanes) is 3. The predicted molar refractivity (Wildman–Crippen MR) is 114 cm³/mol. The summed E-state index contributed by atoms with van der Waals surface area (Å²) >= 11 is 0. The van der Waals surface area contributed by atoms with Gasteiger partial charge in [-0.25, -0.2) is 9.97 Å². The van der Waals surface area contributed by atoms with Crippen molar-refractivity contribution in [3.8, 4) is 17.0 Å². The standard InChI is InChI=1S/C22H32N4O2/c1-5-8-9-10-15-28-18-13-11-17(12-14-18)20-19(16(4)24-22(23)25-20)21(27)26(6-2)7-3/h11-14H,5-10,15H2,1-4H3,(H2,23,24,25). The van der Waals surface area contributed by atoms with Crippen molar-refractivity contribution >= 4 is 11.9 Å². The fourth-order valence-electron chi connectivity index (χ4n) is 3.16. The van der Waals surface area contributed by atoms with E-state index in [0.717, 1.165) is 17.7 Å². The van der Waals surface area contributed by atoms with Crippen LogP contribution in [-0.2, 0) is 0 Å². The summed E-state index contributed by atoms with van der Waals surface area (Å²) in [7, 11) is 0. The number of aryl methyl sites for hydroxylation is 1. The maximum Gasteiger partial charge on any atom is 0.257 e. The second-order valence-electron chi connectivity index (χ2n) is 6.80. The van der Waals surface area contributed by atoms with Crippen molar-refractivity contribution in [2.24, 2.45) is 0 Å². The van der Waals surface area contributed by atoms with Crippen LogP contribution in [0.3, 0.4) is 0 Å². The van der Waals surface area contributed by atoms with Gasteiger partial charge in [0, 0.05) is 18.7 Å². The van der Waals surface area contributed by atoms with Crippen LogP contribution in [0.4, 0.5) is 5.95 Å². The molecule has 0 spiro atoms. The molecule has 6 heteroatoms. The molecule has 0 aliphatic heterocycles. The van der Waals surface area contributed by atoms with E-state index < -0.39 is 0 Å². The van der Waals surface area contributed by atoms with Crippen molar-refractivity contribution < 1.29 is 9.53 Å². The van der Waals surface area contributed by atoms with Gasteiger partial charge in [-0.05, 0) is 51.5 Å². The van der Waals surface area contributed by atoms with Crippen molar-refractivity contribution in [3.05, 3.63) is 35.5 Å². The van der Waals surface area contributed by atoms with Crippen molar-refractivity contribution in [1.82, 2.24) is 14.9 Å². The Morgan fingerprint density at radius 1 is 1.04 bits per heavy atom. The maximum absolute atomic E-state index is 13.0. The molecule has 0 saturated carbocycles. The molecule has 0 bridgehead atoms. The molecular formula is C22H32N4O2. The Morgan fingerprint density at radius 3 is 2.32 bits per heavy atom. The molecule has 2 N–H and O–H groups in total. The number of ether oxygens (including phenoxy) is 1. The van der Waals surface area contributed by atoms with Gasteiger partial charge in [0.15, 0.2) is 0 Å². The van der Waals surface area contributed by atoms with E-state index in [1.54, 1.807) is 11.8 Å². The summed E-state index contributed by atoms with van der Waals surface area (Å²) in [6.45, 7) is 9.88. The zero-order chi connectivity index (χ0) is 20.5. The summed E-state index contributed by atoms with van der Waals surface area (Å²) in [5.74, 6) is 0.907. The number of benzene rings is 1. The Bertz CT molecular complexity index is 771. The first-order valence-electron chi connectivity index (χ1n) is 10.2. The Morgan fingerprint density at radius 2 is 1.71 bits per heavy atom. The lowest BCUT2D eigenvalue weighted by atomic mass is 10.0. The molecule has 1 amide bonds. The van der Waals surface area contributed by atoms with E-state index in [9.17, 15) is 4.79 Å². The molecule has 1 aromatic heterocycles. The Balaban J connectivity index is 2.25. The average molecular weight is 385 g/mol. The van der Waals surface area contributed by atoms with Gasteiger partial charge in [0.1, 0.15) is 5.75 Å². The summed E-state index contributed by atoms with van der Waals surface area (Å²) in [6, 6.07) is 7.66. The second-order valence-corrected chi connectivity index (χ2v) is 6.80. The van der Waals surface area contributed by atoms with Crippen LogP contribution >= 0.6 is 0 Å². The number of hydrogen-bond donors (Lipinski definition) is 1. The monoisotopic (exact) mass is 384 g/mol. The topological polar surface area (TPSA) is 81.3 Å². The van der Waals surface area contributed by atoms with Crippen molar-refractivity contribution in [2.75, 3.05) is 25.4 Å². The maximum atomic E-state index is 13.0. The predicted octanol–water partition coefficient (Wildman–Crippen LogP) is 4.48. The van der Waals surface area contributed by atoms with Gasteiger partial charge in [-0.15, -0.1) is 0 Å². The van der Waals surface area contributed by atoms with Gasteiger partial charge in [-0.3, -0.25) is 4.79 Å². The average Bonchev–Trinajstić information content (AvgIpc) is 2.68. The Hall–Kier alpha value is -2.63. The molecule has 0 unspecified atom stereocenters. The smallest absolute Gasteiger partial charge is 0.257 e. The zero-order valence-corrected chi connectivity index (χ0v) is 17.5. The molecule has 0 radical (unpaired) electrons. The van der Waals surface area contributed by atoms with Gasteiger partial charge in [-0.1, -0.05) is 26.2 Å². The number of nitrogens with zero attached hydrogens (tertiary/aromatic N) is 3. The summed E-state index contributed by atoms with van der Waals surface area (Å²) in [4.78, 5) is 23.4. The highest BCUT2D eigenvalue weighted by Crippen LogP contribution is 2.27. The molecule has 0 saturated heterocycles. The highest BCUT2D eigenvalue weighted by molar-refractivity contribution is 6.01. The van der Waals surface area contributed by atoms with Gasteiger partial charge >= 0.3 is 0 Å². The second kappa shape index (κ2) is 10.6. The lowest BCUT2D eigenvalue weighted by Gasteiger charge is -2.21. The lowest BCUT2D eigenvalue weighted by Crippen LogP contribution is -2.32. The quantitative estimate of drug-likeness (QED) is 0.611. The summed E-state index contributed by atoms with van der Waals surface area (Å²) in [5, 5.41) is 0. The van der Waals surface area contributed by atoms with Crippen molar-refractivity contribution in [1.29, 1.82) is 0 Å². The molecule has 1 aromatic carbocycles. The molecule has 2 aromatic rings. The molecule has 28 heavy (non-hydrogen) atoms. The van der Waals surface area contributed by atoms with Crippen LogP contribution in [0.1, 0.15) is 62.5 Å². The van der Waals surface area contributed by atoms with Crippen LogP contribution in [-0.4, -0.2) is 40.5 Å².